The van der Waals surface area contributed by atoms with E-state index < -0.39 is 5.54 Å². The van der Waals surface area contributed by atoms with Crippen molar-refractivity contribution in [2.75, 3.05) is 5.75 Å². The Morgan fingerprint density at radius 3 is 2.85 bits per heavy atom. The van der Waals surface area contributed by atoms with Gasteiger partial charge >= 0.3 is 0 Å². The number of aromatic amines is 1. The Labute approximate surface area is 157 Å². The highest BCUT2D eigenvalue weighted by Gasteiger charge is 2.29. The third kappa shape index (κ3) is 5.23. The molecule has 8 heteroatoms. The molecule has 0 spiro atoms. The molecule has 0 aliphatic carbocycles. The van der Waals surface area contributed by atoms with Crippen molar-refractivity contribution < 1.29 is 9.53 Å². The zero-order valence-electron chi connectivity index (χ0n) is 15.4. The molecule has 0 radical (unpaired) electrons. The first-order valence-corrected chi connectivity index (χ1v) is 9.27. The van der Waals surface area contributed by atoms with Crippen molar-refractivity contribution in [1.82, 2.24) is 20.5 Å². The molecular weight excluding hydrogens is 350 g/mol. The van der Waals surface area contributed by atoms with Gasteiger partial charge in [0, 0.05) is 0 Å². The van der Waals surface area contributed by atoms with E-state index in [4.69, 9.17) is 4.74 Å². The van der Waals surface area contributed by atoms with Gasteiger partial charge in [0.15, 0.2) is 5.82 Å². The van der Waals surface area contributed by atoms with Gasteiger partial charge in [-0.3, -0.25) is 9.89 Å². The van der Waals surface area contributed by atoms with Crippen molar-refractivity contribution in [2.45, 2.75) is 45.0 Å². The van der Waals surface area contributed by atoms with Gasteiger partial charge in [-0.05, 0) is 31.4 Å². The number of H-pyrrole nitrogens is 1. The summed E-state index contributed by atoms with van der Waals surface area (Å²) in [6, 6.07) is 9.89. The average molecular weight is 373 g/mol. The van der Waals surface area contributed by atoms with E-state index in [1.165, 1.54) is 11.8 Å². The number of hydrogen-bond donors (Lipinski definition) is 2. The van der Waals surface area contributed by atoms with E-state index in [2.05, 4.69) is 26.6 Å². The van der Waals surface area contributed by atoms with E-state index in [1.807, 2.05) is 45.0 Å². The molecule has 0 fully saturated rings. The molecule has 0 aliphatic rings. The molecule has 1 amide bonds. The highest BCUT2D eigenvalue weighted by atomic mass is 32.2. The summed E-state index contributed by atoms with van der Waals surface area (Å²) in [5, 5.41) is 19.4. The largest absolute Gasteiger partial charge is 0.485 e. The van der Waals surface area contributed by atoms with E-state index in [0.717, 1.165) is 11.3 Å². The number of benzene rings is 1. The Balaban J connectivity index is 1.84. The smallest absolute Gasteiger partial charge is 0.231 e. The SMILES string of the molecule is Cc1ccccc1OCc1nc(SCC(=O)N[C@@](C)(C#N)C(C)C)n[nH]1. The quantitative estimate of drug-likeness (QED) is 0.690. The summed E-state index contributed by atoms with van der Waals surface area (Å²) in [7, 11) is 0. The van der Waals surface area contributed by atoms with E-state index in [-0.39, 0.29) is 24.2 Å². The number of aromatic nitrogens is 3. The maximum Gasteiger partial charge on any atom is 0.231 e. The summed E-state index contributed by atoms with van der Waals surface area (Å²) < 4.78 is 5.71. The van der Waals surface area contributed by atoms with Gasteiger partial charge in [-0.15, -0.1) is 5.10 Å². The first-order chi connectivity index (χ1) is 12.3. The predicted octanol–water partition coefficient (Wildman–Crippen LogP) is 2.84. The Hall–Kier alpha value is -2.53. The normalized spacial score (nSPS) is 13.1. The minimum absolute atomic E-state index is 0.00940. The van der Waals surface area contributed by atoms with Crippen molar-refractivity contribution in [2.24, 2.45) is 5.92 Å². The van der Waals surface area contributed by atoms with Gasteiger partial charge in [-0.1, -0.05) is 43.8 Å². The van der Waals surface area contributed by atoms with Crippen LogP contribution in [0.2, 0.25) is 0 Å². The lowest BCUT2D eigenvalue weighted by Crippen LogP contribution is -2.49. The fraction of sp³-hybridized carbons (Fsp3) is 0.444. The third-order valence-electron chi connectivity index (χ3n) is 4.09. The van der Waals surface area contributed by atoms with E-state index in [9.17, 15) is 10.1 Å². The fourth-order valence-electron chi connectivity index (χ4n) is 2.03. The fourth-order valence-corrected chi connectivity index (χ4v) is 2.65. The monoisotopic (exact) mass is 373 g/mol. The second-order valence-corrected chi connectivity index (χ2v) is 7.37. The summed E-state index contributed by atoms with van der Waals surface area (Å²) in [6.07, 6.45) is 0. The van der Waals surface area contributed by atoms with Gasteiger partial charge in [0.25, 0.3) is 0 Å². The standard InChI is InChI=1S/C18H23N5O2S/c1-12(2)18(4,11-19)21-16(24)10-26-17-20-15(22-23-17)9-25-14-8-6-5-7-13(14)3/h5-8,12H,9-10H2,1-4H3,(H,21,24)(H,20,22,23)/t18-/m0/s1. The predicted molar refractivity (Wildman–Crippen MR) is 99.6 cm³/mol. The molecule has 0 bridgehead atoms. The van der Waals surface area contributed by atoms with Crippen LogP contribution >= 0.6 is 11.8 Å². The van der Waals surface area contributed by atoms with Crippen LogP contribution in [0.3, 0.4) is 0 Å². The van der Waals surface area contributed by atoms with Crippen molar-refractivity contribution in [3.63, 3.8) is 0 Å². The molecule has 1 heterocycles. The number of hydrogen-bond acceptors (Lipinski definition) is 6. The minimum atomic E-state index is -0.886. The number of aryl methyl sites for hydroxylation is 1. The highest BCUT2D eigenvalue weighted by Crippen LogP contribution is 2.19. The first kappa shape index (κ1) is 19.8. The van der Waals surface area contributed by atoms with Gasteiger partial charge in [0.1, 0.15) is 17.9 Å². The molecule has 1 atom stereocenters. The second-order valence-electron chi connectivity index (χ2n) is 6.42. The Bertz CT molecular complexity index is 799. The third-order valence-corrected chi connectivity index (χ3v) is 4.93. The van der Waals surface area contributed by atoms with Crippen molar-refractivity contribution in [3.8, 4) is 11.8 Å². The van der Waals surface area contributed by atoms with Crippen LogP contribution in [0.15, 0.2) is 29.4 Å². The lowest BCUT2D eigenvalue weighted by molar-refractivity contribution is -0.120. The summed E-state index contributed by atoms with van der Waals surface area (Å²) in [4.78, 5) is 16.4. The van der Waals surface area contributed by atoms with Crippen LogP contribution < -0.4 is 10.1 Å². The number of para-hydroxylation sites is 1. The molecule has 0 unspecified atom stereocenters. The molecule has 2 rings (SSSR count). The van der Waals surface area contributed by atoms with Crippen LogP contribution in [-0.2, 0) is 11.4 Å². The number of thioether (sulfide) groups is 1. The Morgan fingerprint density at radius 1 is 1.46 bits per heavy atom. The van der Waals surface area contributed by atoms with E-state index >= 15 is 0 Å². The zero-order valence-corrected chi connectivity index (χ0v) is 16.2. The number of nitrogens with zero attached hydrogens (tertiary/aromatic N) is 3. The van der Waals surface area contributed by atoms with E-state index in [0.29, 0.717) is 11.0 Å². The van der Waals surface area contributed by atoms with Gasteiger partial charge in [0.05, 0.1) is 11.8 Å². The molecule has 7 nitrogen and oxygen atoms in total. The number of amides is 1. The summed E-state index contributed by atoms with van der Waals surface area (Å²) in [6.45, 7) is 7.75. The molecule has 0 saturated carbocycles. The van der Waals surface area contributed by atoms with Crippen molar-refractivity contribution >= 4 is 17.7 Å². The number of nitriles is 1. The lowest BCUT2D eigenvalue weighted by atomic mass is 9.90. The Kier molecular flexibility index (Phi) is 6.64. The van der Waals surface area contributed by atoms with Crippen molar-refractivity contribution in [3.05, 3.63) is 35.7 Å². The number of ether oxygens (including phenoxy) is 1. The van der Waals surface area contributed by atoms with Crippen LogP contribution in [0.25, 0.3) is 0 Å². The number of rotatable bonds is 8. The number of nitrogens with one attached hydrogen (secondary N) is 2. The average Bonchev–Trinajstić information content (AvgIpc) is 3.07. The Morgan fingerprint density at radius 2 is 2.19 bits per heavy atom. The minimum Gasteiger partial charge on any atom is -0.485 e. The number of carbonyl (C=O) groups is 1. The lowest BCUT2D eigenvalue weighted by Gasteiger charge is -2.27. The summed E-state index contributed by atoms with van der Waals surface area (Å²) >= 11 is 1.21. The van der Waals surface area contributed by atoms with Crippen molar-refractivity contribution in [1.29, 1.82) is 5.26 Å². The molecule has 26 heavy (non-hydrogen) atoms. The highest BCUT2D eigenvalue weighted by molar-refractivity contribution is 7.99. The van der Waals surface area contributed by atoms with E-state index in [1.54, 1.807) is 6.92 Å². The van der Waals surface area contributed by atoms with Crippen LogP contribution in [-0.4, -0.2) is 32.4 Å². The number of carbonyl (C=O) groups excluding carboxylic acids is 1. The van der Waals surface area contributed by atoms with Gasteiger partial charge < -0.3 is 10.1 Å². The topological polar surface area (TPSA) is 104 Å². The molecule has 0 aliphatic heterocycles. The molecule has 1 aromatic carbocycles. The summed E-state index contributed by atoms with van der Waals surface area (Å²) in [5.74, 6) is 1.30. The molecule has 2 aromatic rings. The van der Waals surface area contributed by atoms with Crippen LogP contribution in [0.4, 0.5) is 0 Å². The van der Waals surface area contributed by atoms with Gasteiger partial charge in [-0.25, -0.2) is 4.98 Å². The first-order valence-electron chi connectivity index (χ1n) is 8.29. The molecule has 0 saturated heterocycles. The molecule has 1 aromatic heterocycles. The second kappa shape index (κ2) is 8.72. The summed E-state index contributed by atoms with van der Waals surface area (Å²) in [5.41, 5.74) is 0.160. The van der Waals surface area contributed by atoms with Crippen LogP contribution in [0, 0.1) is 24.2 Å². The zero-order chi connectivity index (χ0) is 19.2. The van der Waals surface area contributed by atoms with Crippen LogP contribution in [0.5, 0.6) is 5.75 Å². The van der Waals surface area contributed by atoms with Gasteiger partial charge in [0.2, 0.25) is 11.1 Å². The van der Waals surface area contributed by atoms with Crippen LogP contribution in [0.1, 0.15) is 32.2 Å². The molecular formula is C18H23N5O2S. The van der Waals surface area contributed by atoms with Gasteiger partial charge in [-0.2, -0.15) is 5.26 Å². The maximum atomic E-state index is 12.1. The molecule has 138 valence electrons. The maximum absolute atomic E-state index is 12.1. The molecule has 2 N–H and O–H groups in total.